The SMILES string of the molecule is Clc1ccc(SCc2nc(-c3ccccc3Cl)no2)cc1. The zero-order chi connectivity index (χ0) is 14.7. The van der Waals surface area contributed by atoms with Crippen LogP contribution in [0.4, 0.5) is 0 Å². The summed E-state index contributed by atoms with van der Waals surface area (Å²) in [5.74, 6) is 1.66. The molecular formula is C15H10Cl2N2OS. The van der Waals surface area contributed by atoms with Gasteiger partial charge < -0.3 is 4.52 Å². The van der Waals surface area contributed by atoms with Crippen molar-refractivity contribution in [3.8, 4) is 11.4 Å². The number of aromatic nitrogens is 2. The smallest absolute Gasteiger partial charge is 0.237 e. The van der Waals surface area contributed by atoms with Gasteiger partial charge in [0.05, 0.1) is 10.8 Å². The number of thioether (sulfide) groups is 1. The number of benzene rings is 2. The maximum Gasteiger partial charge on any atom is 0.237 e. The number of hydrogen-bond acceptors (Lipinski definition) is 4. The van der Waals surface area contributed by atoms with Crippen LogP contribution in [0.1, 0.15) is 5.89 Å². The van der Waals surface area contributed by atoms with Crippen molar-refractivity contribution in [3.63, 3.8) is 0 Å². The molecule has 0 unspecified atom stereocenters. The van der Waals surface area contributed by atoms with E-state index < -0.39 is 0 Å². The normalized spacial score (nSPS) is 10.8. The molecule has 0 spiro atoms. The van der Waals surface area contributed by atoms with Crippen LogP contribution in [0.15, 0.2) is 57.9 Å². The summed E-state index contributed by atoms with van der Waals surface area (Å²) >= 11 is 13.6. The number of hydrogen-bond donors (Lipinski definition) is 0. The van der Waals surface area contributed by atoms with Gasteiger partial charge in [-0.1, -0.05) is 40.5 Å². The first-order chi connectivity index (χ1) is 10.2. The zero-order valence-electron chi connectivity index (χ0n) is 10.8. The maximum absolute atomic E-state index is 6.12. The predicted molar refractivity (Wildman–Crippen MR) is 85.8 cm³/mol. The van der Waals surface area contributed by atoms with Crippen LogP contribution in [0, 0.1) is 0 Å². The first kappa shape index (κ1) is 14.4. The average molecular weight is 337 g/mol. The van der Waals surface area contributed by atoms with Crippen molar-refractivity contribution < 1.29 is 4.52 Å². The van der Waals surface area contributed by atoms with E-state index >= 15 is 0 Å². The van der Waals surface area contributed by atoms with Crippen molar-refractivity contribution in [2.24, 2.45) is 0 Å². The van der Waals surface area contributed by atoms with Gasteiger partial charge in [-0.3, -0.25) is 0 Å². The predicted octanol–water partition coefficient (Wildman–Crippen LogP) is 5.34. The van der Waals surface area contributed by atoms with Gasteiger partial charge in [0.15, 0.2) is 0 Å². The van der Waals surface area contributed by atoms with Crippen LogP contribution < -0.4 is 0 Å². The minimum absolute atomic E-state index is 0.507. The molecule has 1 aromatic heterocycles. The lowest BCUT2D eigenvalue weighted by Crippen LogP contribution is -1.83. The highest BCUT2D eigenvalue weighted by molar-refractivity contribution is 7.98. The monoisotopic (exact) mass is 336 g/mol. The molecule has 6 heteroatoms. The molecular weight excluding hydrogens is 327 g/mol. The summed E-state index contributed by atoms with van der Waals surface area (Å²) in [6.45, 7) is 0. The molecule has 0 N–H and O–H groups in total. The second kappa shape index (κ2) is 6.52. The van der Waals surface area contributed by atoms with Crippen molar-refractivity contribution in [2.75, 3.05) is 0 Å². The summed E-state index contributed by atoms with van der Waals surface area (Å²) in [5, 5.41) is 5.30. The molecule has 0 aliphatic heterocycles. The molecule has 3 rings (SSSR count). The van der Waals surface area contributed by atoms with Gasteiger partial charge in [-0.15, -0.1) is 11.8 Å². The van der Waals surface area contributed by atoms with E-state index in [9.17, 15) is 0 Å². The van der Waals surface area contributed by atoms with E-state index in [1.807, 2.05) is 42.5 Å². The van der Waals surface area contributed by atoms with Gasteiger partial charge in [0.25, 0.3) is 0 Å². The zero-order valence-corrected chi connectivity index (χ0v) is 13.1. The summed E-state index contributed by atoms with van der Waals surface area (Å²) in [6, 6.07) is 15.0. The first-order valence-electron chi connectivity index (χ1n) is 6.18. The third-order valence-corrected chi connectivity index (χ3v) is 4.34. The minimum atomic E-state index is 0.507. The Balaban J connectivity index is 1.71. The van der Waals surface area contributed by atoms with Gasteiger partial charge in [0.1, 0.15) is 0 Å². The van der Waals surface area contributed by atoms with Crippen molar-refractivity contribution in [1.29, 1.82) is 0 Å². The molecule has 0 aliphatic rings. The van der Waals surface area contributed by atoms with Crippen LogP contribution in [-0.4, -0.2) is 10.1 Å². The largest absolute Gasteiger partial charge is 0.338 e. The van der Waals surface area contributed by atoms with Gasteiger partial charge in [-0.25, -0.2) is 0 Å². The standard InChI is InChI=1S/C15H10Cl2N2OS/c16-10-5-7-11(8-6-10)21-9-14-18-15(19-20-14)12-3-1-2-4-13(12)17/h1-8H,9H2. The molecule has 0 radical (unpaired) electrons. The Morgan fingerprint density at radius 3 is 2.52 bits per heavy atom. The molecule has 0 atom stereocenters. The van der Waals surface area contributed by atoms with Crippen LogP contribution in [0.5, 0.6) is 0 Å². The van der Waals surface area contributed by atoms with Crippen LogP contribution in [0.3, 0.4) is 0 Å². The fourth-order valence-corrected chi connectivity index (χ4v) is 2.82. The van der Waals surface area contributed by atoms with Crippen LogP contribution in [0.2, 0.25) is 10.0 Å². The molecule has 1 heterocycles. The van der Waals surface area contributed by atoms with Crippen LogP contribution >= 0.6 is 35.0 Å². The third-order valence-electron chi connectivity index (χ3n) is 2.76. The van der Waals surface area contributed by atoms with Gasteiger partial charge in [-0.05, 0) is 36.4 Å². The Labute approximate surface area is 136 Å². The molecule has 0 bridgehead atoms. The van der Waals surface area contributed by atoms with Crippen molar-refractivity contribution in [2.45, 2.75) is 10.6 Å². The van der Waals surface area contributed by atoms with Crippen molar-refractivity contribution in [1.82, 2.24) is 10.1 Å². The summed E-state index contributed by atoms with van der Waals surface area (Å²) < 4.78 is 5.25. The lowest BCUT2D eigenvalue weighted by atomic mass is 10.2. The molecule has 3 aromatic rings. The van der Waals surface area contributed by atoms with Crippen LogP contribution in [0.25, 0.3) is 11.4 Å². The van der Waals surface area contributed by atoms with E-state index in [-0.39, 0.29) is 0 Å². The lowest BCUT2D eigenvalue weighted by Gasteiger charge is -1.98. The summed E-state index contributed by atoms with van der Waals surface area (Å²) in [5.41, 5.74) is 0.769. The summed E-state index contributed by atoms with van der Waals surface area (Å²) in [7, 11) is 0. The maximum atomic E-state index is 6.12. The molecule has 0 amide bonds. The Morgan fingerprint density at radius 1 is 1.00 bits per heavy atom. The highest BCUT2D eigenvalue weighted by atomic mass is 35.5. The Morgan fingerprint density at radius 2 is 1.76 bits per heavy atom. The Bertz CT molecular complexity index is 743. The minimum Gasteiger partial charge on any atom is -0.338 e. The van der Waals surface area contributed by atoms with Gasteiger partial charge >= 0.3 is 0 Å². The highest BCUT2D eigenvalue weighted by Gasteiger charge is 2.11. The quantitative estimate of drug-likeness (QED) is 0.603. The van der Waals surface area contributed by atoms with E-state index in [0.29, 0.717) is 22.5 Å². The van der Waals surface area contributed by atoms with Gasteiger partial charge in [0, 0.05) is 15.5 Å². The van der Waals surface area contributed by atoms with E-state index in [2.05, 4.69) is 10.1 Å². The summed E-state index contributed by atoms with van der Waals surface area (Å²) in [6.07, 6.45) is 0. The van der Waals surface area contributed by atoms with Crippen LogP contribution in [-0.2, 0) is 5.75 Å². The summed E-state index contributed by atoms with van der Waals surface area (Å²) in [4.78, 5) is 5.46. The van der Waals surface area contributed by atoms with Gasteiger partial charge in [-0.2, -0.15) is 4.98 Å². The molecule has 3 nitrogen and oxygen atoms in total. The second-order valence-electron chi connectivity index (χ2n) is 4.23. The highest BCUT2D eigenvalue weighted by Crippen LogP contribution is 2.27. The molecule has 0 aliphatic carbocycles. The average Bonchev–Trinajstić information content (AvgIpc) is 2.96. The van der Waals surface area contributed by atoms with Crippen molar-refractivity contribution >= 4 is 35.0 Å². The molecule has 2 aromatic carbocycles. The Hall–Kier alpha value is -1.49. The van der Waals surface area contributed by atoms with Gasteiger partial charge in [0.2, 0.25) is 11.7 Å². The van der Waals surface area contributed by atoms with E-state index in [0.717, 1.165) is 15.5 Å². The fraction of sp³-hybridized carbons (Fsp3) is 0.0667. The molecule has 106 valence electrons. The molecule has 0 saturated heterocycles. The third kappa shape index (κ3) is 3.59. The molecule has 0 saturated carbocycles. The lowest BCUT2D eigenvalue weighted by molar-refractivity contribution is 0.391. The number of halogens is 2. The van der Waals surface area contributed by atoms with E-state index in [4.69, 9.17) is 27.7 Å². The first-order valence-corrected chi connectivity index (χ1v) is 7.92. The van der Waals surface area contributed by atoms with E-state index in [1.54, 1.807) is 17.8 Å². The molecule has 21 heavy (non-hydrogen) atoms. The topological polar surface area (TPSA) is 38.9 Å². The van der Waals surface area contributed by atoms with Crippen molar-refractivity contribution in [3.05, 3.63) is 64.5 Å². The van der Waals surface area contributed by atoms with E-state index in [1.165, 1.54) is 0 Å². The Kier molecular flexibility index (Phi) is 4.48. The number of rotatable bonds is 4. The number of nitrogens with zero attached hydrogens (tertiary/aromatic N) is 2. The fourth-order valence-electron chi connectivity index (χ4n) is 1.74. The molecule has 0 fully saturated rings. The second-order valence-corrected chi connectivity index (χ2v) is 6.13.